The number of rotatable bonds is 1. The molecule has 1 heterocycles. The standard InChI is InChI=1S/C9H12IN/c11-9-4-2-8(3-5-9)10-6-1-7-10/h2-5H,1,6-7,11H2. The van der Waals surface area contributed by atoms with Gasteiger partial charge in [0, 0.05) is 0 Å². The Bertz CT molecular complexity index is 238. The quantitative estimate of drug-likeness (QED) is 0.468. The first kappa shape index (κ1) is 7.40. The molecule has 0 amide bonds. The third-order valence-electron chi connectivity index (χ3n) is 1.90. The van der Waals surface area contributed by atoms with Crippen LogP contribution in [0, 0.1) is 3.57 Å². The van der Waals surface area contributed by atoms with Gasteiger partial charge in [-0.25, -0.2) is 0 Å². The average molecular weight is 261 g/mol. The van der Waals surface area contributed by atoms with E-state index in [1.165, 1.54) is 15.3 Å². The Labute approximate surface area is 74.4 Å². The molecule has 0 bridgehead atoms. The van der Waals surface area contributed by atoms with Gasteiger partial charge in [0.15, 0.2) is 0 Å². The van der Waals surface area contributed by atoms with Crippen LogP contribution in [0.2, 0.25) is 0 Å². The summed E-state index contributed by atoms with van der Waals surface area (Å²) in [6, 6.07) is 8.51. The van der Waals surface area contributed by atoms with Crippen LogP contribution in [0.15, 0.2) is 24.3 Å². The van der Waals surface area contributed by atoms with Gasteiger partial charge in [0.05, 0.1) is 0 Å². The van der Waals surface area contributed by atoms with Crippen molar-refractivity contribution in [3.05, 3.63) is 27.8 Å². The fraction of sp³-hybridized carbons (Fsp3) is 0.333. The van der Waals surface area contributed by atoms with Gasteiger partial charge in [-0.2, -0.15) is 0 Å². The van der Waals surface area contributed by atoms with Gasteiger partial charge in [0.1, 0.15) is 0 Å². The summed E-state index contributed by atoms with van der Waals surface area (Å²) in [6.45, 7) is 0. The zero-order valence-electron chi connectivity index (χ0n) is 6.39. The molecule has 0 saturated carbocycles. The van der Waals surface area contributed by atoms with E-state index in [0.29, 0.717) is 0 Å². The van der Waals surface area contributed by atoms with Crippen LogP contribution in [-0.4, -0.2) is 8.86 Å². The molecule has 0 radical (unpaired) electrons. The van der Waals surface area contributed by atoms with Gasteiger partial charge in [-0.3, -0.25) is 0 Å². The Balaban J connectivity index is 2.18. The van der Waals surface area contributed by atoms with Gasteiger partial charge in [0.25, 0.3) is 0 Å². The number of anilines is 1. The van der Waals surface area contributed by atoms with Gasteiger partial charge >= 0.3 is 74.4 Å². The molecule has 0 aliphatic carbocycles. The summed E-state index contributed by atoms with van der Waals surface area (Å²) >= 11 is -0.597. The van der Waals surface area contributed by atoms with Crippen LogP contribution in [0.1, 0.15) is 6.42 Å². The SMILES string of the molecule is Nc1ccc(I2CCC2)cc1. The first-order valence-corrected chi connectivity index (χ1v) is 7.96. The van der Waals surface area contributed by atoms with Gasteiger partial charge in [0.2, 0.25) is 0 Å². The third-order valence-corrected chi connectivity index (χ3v) is 8.51. The van der Waals surface area contributed by atoms with Crippen LogP contribution in [0.3, 0.4) is 0 Å². The van der Waals surface area contributed by atoms with Crippen molar-refractivity contribution in [3.63, 3.8) is 0 Å². The molecule has 1 aliphatic rings. The van der Waals surface area contributed by atoms with E-state index in [2.05, 4.69) is 12.1 Å². The van der Waals surface area contributed by atoms with Gasteiger partial charge in [-0.15, -0.1) is 0 Å². The second kappa shape index (κ2) is 3.01. The summed E-state index contributed by atoms with van der Waals surface area (Å²) in [5.41, 5.74) is 6.50. The van der Waals surface area contributed by atoms with Gasteiger partial charge < -0.3 is 0 Å². The summed E-state index contributed by atoms with van der Waals surface area (Å²) < 4.78 is 4.66. The zero-order valence-corrected chi connectivity index (χ0v) is 8.54. The van der Waals surface area contributed by atoms with E-state index in [1.54, 1.807) is 3.57 Å². The minimum atomic E-state index is -0.597. The van der Waals surface area contributed by atoms with Crippen LogP contribution >= 0.6 is 19.8 Å². The molecule has 1 fully saturated rings. The van der Waals surface area contributed by atoms with E-state index in [-0.39, 0.29) is 0 Å². The van der Waals surface area contributed by atoms with Crippen molar-refractivity contribution in [2.24, 2.45) is 0 Å². The monoisotopic (exact) mass is 261 g/mol. The Morgan fingerprint density at radius 3 is 2.18 bits per heavy atom. The normalized spacial score (nSPS) is 19.5. The van der Waals surface area contributed by atoms with Gasteiger partial charge in [-0.05, 0) is 0 Å². The fourth-order valence-corrected chi connectivity index (χ4v) is 5.27. The Kier molecular flexibility index (Phi) is 2.02. The van der Waals surface area contributed by atoms with Crippen LogP contribution in [0.5, 0.6) is 0 Å². The molecule has 11 heavy (non-hydrogen) atoms. The molecule has 0 spiro atoms. The molecule has 0 aromatic heterocycles. The van der Waals surface area contributed by atoms with E-state index >= 15 is 0 Å². The van der Waals surface area contributed by atoms with E-state index in [9.17, 15) is 0 Å². The average Bonchev–Trinajstić information content (AvgIpc) is 1.90. The van der Waals surface area contributed by atoms with Crippen LogP contribution < -0.4 is 5.73 Å². The summed E-state index contributed by atoms with van der Waals surface area (Å²) in [5, 5.41) is 0. The zero-order chi connectivity index (χ0) is 7.68. The first-order chi connectivity index (χ1) is 5.36. The molecular formula is C9H12IN. The molecule has 60 valence electrons. The number of nitrogen functional groups attached to an aromatic ring is 1. The summed E-state index contributed by atoms with van der Waals surface area (Å²) in [5.74, 6) is 0. The second-order valence-corrected chi connectivity index (χ2v) is 8.75. The Morgan fingerprint density at radius 2 is 1.73 bits per heavy atom. The van der Waals surface area contributed by atoms with Crippen molar-refractivity contribution in [2.45, 2.75) is 6.42 Å². The molecular weight excluding hydrogens is 249 g/mol. The van der Waals surface area contributed by atoms with Crippen LogP contribution in [0.25, 0.3) is 0 Å². The van der Waals surface area contributed by atoms with E-state index < -0.39 is 19.8 Å². The molecule has 1 saturated heterocycles. The summed E-state index contributed by atoms with van der Waals surface area (Å²) in [6.07, 6.45) is 1.47. The minimum absolute atomic E-state index is 0.597. The molecule has 0 unspecified atom stereocenters. The van der Waals surface area contributed by atoms with Gasteiger partial charge in [-0.1, -0.05) is 0 Å². The first-order valence-electron chi connectivity index (χ1n) is 3.83. The molecule has 1 aromatic carbocycles. The van der Waals surface area contributed by atoms with Crippen molar-refractivity contribution in [1.82, 2.24) is 0 Å². The second-order valence-electron chi connectivity index (χ2n) is 2.74. The van der Waals surface area contributed by atoms with Crippen molar-refractivity contribution in [1.29, 1.82) is 0 Å². The van der Waals surface area contributed by atoms with E-state index in [0.717, 1.165) is 5.69 Å². The van der Waals surface area contributed by atoms with Crippen molar-refractivity contribution < 1.29 is 0 Å². The molecule has 2 heteroatoms. The number of nitrogens with two attached hydrogens (primary N) is 1. The van der Waals surface area contributed by atoms with E-state index in [1.807, 2.05) is 12.1 Å². The maximum atomic E-state index is 5.60. The molecule has 1 aromatic rings. The molecule has 1 aliphatic heterocycles. The summed E-state index contributed by atoms with van der Waals surface area (Å²) in [4.78, 5) is 0. The maximum absolute atomic E-state index is 5.60. The number of halogens is 1. The Morgan fingerprint density at radius 1 is 1.09 bits per heavy atom. The number of hydrogen-bond donors (Lipinski definition) is 1. The predicted octanol–water partition coefficient (Wildman–Crippen LogP) is 2.35. The Hall–Kier alpha value is -0.250. The van der Waals surface area contributed by atoms with Crippen molar-refractivity contribution in [3.8, 4) is 0 Å². The third kappa shape index (κ3) is 1.50. The number of alkyl halides is 2. The van der Waals surface area contributed by atoms with Crippen molar-refractivity contribution >= 4 is 25.5 Å². The predicted molar refractivity (Wildman–Crippen MR) is 57.9 cm³/mol. The molecule has 0 atom stereocenters. The topological polar surface area (TPSA) is 26.0 Å². The van der Waals surface area contributed by atoms with Crippen LogP contribution in [-0.2, 0) is 0 Å². The number of benzene rings is 1. The van der Waals surface area contributed by atoms with Crippen LogP contribution in [0.4, 0.5) is 5.69 Å². The van der Waals surface area contributed by atoms with Crippen molar-refractivity contribution in [2.75, 3.05) is 14.6 Å². The molecule has 1 nitrogen and oxygen atoms in total. The molecule has 2 rings (SSSR count). The fourth-order valence-electron chi connectivity index (χ4n) is 1.13. The number of hydrogen-bond acceptors (Lipinski definition) is 1. The molecule has 2 N–H and O–H groups in total. The summed E-state index contributed by atoms with van der Waals surface area (Å²) in [7, 11) is 0. The van der Waals surface area contributed by atoms with E-state index in [4.69, 9.17) is 5.73 Å².